The summed E-state index contributed by atoms with van der Waals surface area (Å²) < 4.78 is 33.6. The summed E-state index contributed by atoms with van der Waals surface area (Å²) in [5.74, 6) is -0.907. The Balaban J connectivity index is 1.74. The topological polar surface area (TPSA) is 231 Å². The second-order valence-corrected chi connectivity index (χ2v) is 20.1. The van der Waals surface area contributed by atoms with Gasteiger partial charge in [0, 0.05) is 12.8 Å². The molecule has 0 radical (unpaired) electrons. The average Bonchev–Trinajstić information content (AvgIpc) is 3.34. The fourth-order valence-corrected chi connectivity index (χ4v) is 9.22. The number of carbonyl (C=O) groups is 2. The first kappa shape index (κ1) is 63.6. The van der Waals surface area contributed by atoms with E-state index >= 15 is 0 Å². The lowest BCUT2D eigenvalue weighted by molar-refractivity contribution is -0.332. The molecule has 408 valence electrons. The maximum Gasteiger partial charge on any atom is 0.306 e. The van der Waals surface area contributed by atoms with E-state index in [9.17, 15) is 45.3 Å². The molecule has 15 heteroatoms. The van der Waals surface area contributed by atoms with Crippen molar-refractivity contribution in [3.63, 3.8) is 0 Å². The third-order valence-corrected chi connectivity index (χ3v) is 13.8. The monoisotopic (exact) mass is 991 g/mol. The molecule has 4 unspecified atom stereocenters. The van der Waals surface area contributed by atoms with Gasteiger partial charge >= 0.3 is 11.9 Å². The minimum Gasteiger partial charge on any atom is -0.462 e. The molecule has 2 heterocycles. The summed E-state index contributed by atoms with van der Waals surface area (Å²) in [6.07, 6.45) is 24.2. The Morgan fingerprint density at radius 1 is 0.406 bits per heavy atom. The lowest BCUT2D eigenvalue weighted by atomic mass is 9.98. The molecule has 11 atom stereocenters. The van der Waals surface area contributed by atoms with Crippen molar-refractivity contribution in [3.05, 3.63) is 0 Å². The predicted octanol–water partition coefficient (Wildman–Crippen LogP) is 8.78. The molecular formula is C54H102O15. The Bertz CT molecular complexity index is 1210. The van der Waals surface area contributed by atoms with Crippen LogP contribution in [0.25, 0.3) is 0 Å². The van der Waals surface area contributed by atoms with Crippen LogP contribution in [0.4, 0.5) is 0 Å². The predicted molar refractivity (Wildman–Crippen MR) is 266 cm³/mol. The number of esters is 2. The highest BCUT2D eigenvalue weighted by Crippen LogP contribution is 2.27. The molecule has 0 saturated carbocycles. The van der Waals surface area contributed by atoms with Crippen LogP contribution in [0.3, 0.4) is 0 Å². The number of hydrogen-bond donors (Lipinski definition) is 7. The summed E-state index contributed by atoms with van der Waals surface area (Å²) in [4.78, 5) is 25.8. The number of hydrogen-bond acceptors (Lipinski definition) is 15. The summed E-state index contributed by atoms with van der Waals surface area (Å²) in [5, 5.41) is 72.2. The average molecular weight is 991 g/mol. The van der Waals surface area contributed by atoms with Gasteiger partial charge in [-0.1, -0.05) is 213 Å². The molecule has 2 saturated heterocycles. The van der Waals surface area contributed by atoms with Gasteiger partial charge in [-0.3, -0.25) is 9.59 Å². The van der Waals surface area contributed by atoms with Crippen LogP contribution in [0, 0.1) is 0 Å². The lowest BCUT2D eigenvalue weighted by Crippen LogP contribution is -2.61. The van der Waals surface area contributed by atoms with Crippen molar-refractivity contribution in [2.45, 2.75) is 306 Å². The van der Waals surface area contributed by atoms with Crippen LogP contribution in [0.5, 0.6) is 0 Å². The maximum absolute atomic E-state index is 13.0. The zero-order valence-corrected chi connectivity index (χ0v) is 43.3. The summed E-state index contributed by atoms with van der Waals surface area (Å²) in [6, 6.07) is 0. The van der Waals surface area contributed by atoms with Crippen LogP contribution in [0.15, 0.2) is 0 Å². The number of rotatable bonds is 45. The molecule has 0 amide bonds. The van der Waals surface area contributed by atoms with Crippen molar-refractivity contribution in [3.8, 4) is 0 Å². The van der Waals surface area contributed by atoms with Crippen molar-refractivity contribution >= 4 is 11.9 Å². The van der Waals surface area contributed by atoms with Crippen molar-refractivity contribution < 1.29 is 73.8 Å². The van der Waals surface area contributed by atoms with Crippen LogP contribution in [-0.4, -0.2) is 142 Å². The van der Waals surface area contributed by atoms with Gasteiger partial charge < -0.3 is 64.2 Å². The van der Waals surface area contributed by atoms with Gasteiger partial charge in [-0.2, -0.15) is 0 Å². The van der Waals surface area contributed by atoms with Crippen molar-refractivity contribution in [1.29, 1.82) is 0 Å². The van der Waals surface area contributed by atoms with E-state index in [0.29, 0.717) is 12.8 Å². The minimum atomic E-state index is -1.76. The highest BCUT2D eigenvalue weighted by atomic mass is 16.7. The zero-order chi connectivity index (χ0) is 50.3. The van der Waals surface area contributed by atoms with Crippen molar-refractivity contribution in [2.75, 3.05) is 26.4 Å². The van der Waals surface area contributed by atoms with Gasteiger partial charge in [0.2, 0.25) is 0 Å². The van der Waals surface area contributed by atoms with Gasteiger partial charge in [-0.15, -0.1) is 0 Å². The van der Waals surface area contributed by atoms with Gasteiger partial charge in [-0.05, 0) is 12.8 Å². The first-order valence-electron chi connectivity index (χ1n) is 28.1. The Labute approximate surface area is 417 Å². The second-order valence-electron chi connectivity index (χ2n) is 20.1. The van der Waals surface area contributed by atoms with Crippen LogP contribution >= 0.6 is 0 Å². The van der Waals surface area contributed by atoms with E-state index in [2.05, 4.69) is 13.8 Å². The Kier molecular flexibility index (Phi) is 38.6. The molecule has 2 aliphatic rings. The molecule has 0 aromatic carbocycles. The number of aliphatic hydroxyl groups excluding tert-OH is 7. The van der Waals surface area contributed by atoms with Gasteiger partial charge in [0.1, 0.15) is 55.4 Å². The third-order valence-electron chi connectivity index (χ3n) is 13.8. The van der Waals surface area contributed by atoms with Gasteiger partial charge in [0.25, 0.3) is 0 Å². The van der Waals surface area contributed by atoms with E-state index in [4.69, 9.17) is 28.4 Å². The van der Waals surface area contributed by atoms with E-state index in [1.807, 2.05) is 0 Å². The van der Waals surface area contributed by atoms with E-state index in [0.717, 1.165) is 38.5 Å². The van der Waals surface area contributed by atoms with Gasteiger partial charge in [0.05, 0.1) is 19.8 Å². The summed E-state index contributed by atoms with van der Waals surface area (Å²) >= 11 is 0. The summed E-state index contributed by atoms with van der Waals surface area (Å²) in [7, 11) is 0. The van der Waals surface area contributed by atoms with Crippen LogP contribution in [0.1, 0.15) is 239 Å². The van der Waals surface area contributed by atoms with Crippen LogP contribution in [0.2, 0.25) is 0 Å². The lowest BCUT2D eigenvalue weighted by Gasteiger charge is -2.42. The smallest absolute Gasteiger partial charge is 0.306 e. The number of unbranched alkanes of at least 4 members (excludes halogenated alkanes) is 31. The molecule has 0 bridgehead atoms. The molecule has 2 aliphatic heterocycles. The SMILES string of the molecule is CCCCCCCCCCCCCCCCCCCCCCCC(=O)O[C@H](COC(=O)CCCCCCCCCCCCCC)CO[C@H]1O[C@@H](CO[C@H]2O[C@@H](CO)[C@@H](O)C(O)C2O)[C@@H](O)C(O)C1O. The quantitative estimate of drug-likeness (QED) is 0.0223. The van der Waals surface area contributed by atoms with Crippen LogP contribution in [-0.2, 0) is 38.0 Å². The minimum absolute atomic E-state index is 0.174. The maximum atomic E-state index is 13.0. The standard InChI is InChI=1S/C54H102O15/c1-3-5-7-9-11-13-15-17-18-19-20-21-22-23-24-25-27-29-31-33-35-37-46(57)67-42(39-64-45(56)36-34-32-30-28-26-16-14-12-10-8-6-4-2)40-65-53-52(63)50(61)48(59)44(69-53)41-66-54-51(62)49(60)47(58)43(38-55)68-54/h42-44,47-55,58-63H,3-41H2,1-2H3/t42-,43+,44+,47-,48-,49?,50?,51?,52?,53+,54+/m1/s1. The second kappa shape index (κ2) is 41.9. The number of ether oxygens (including phenoxy) is 6. The van der Waals surface area contributed by atoms with E-state index < -0.39 is 92.7 Å². The fourth-order valence-electron chi connectivity index (χ4n) is 9.22. The molecule has 2 rings (SSSR count). The molecule has 0 spiro atoms. The number of carbonyl (C=O) groups excluding carboxylic acids is 2. The van der Waals surface area contributed by atoms with Gasteiger partial charge in [-0.25, -0.2) is 0 Å². The van der Waals surface area contributed by atoms with Crippen molar-refractivity contribution in [1.82, 2.24) is 0 Å². The Hall–Kier alpha value is -1.50. The van der Waals surface area contributed by atoms with E-state index in [-0.39, 0.29) is 26.1 Å². The Morgan fingerprint density at radius 2 is 0.739 bits per heavy atom. The molecular weight excluding hydrogens is 889 g/mol. The molecule has 7 N–H and O–H groups in total. The molecule has 69 heavy (non-hydrogen) atoms. The van der Waals surface area contributed by atoms with Gasteiger partial charge in [0.15, 0.2) is 18.7 Å². The molecule has 0 aliphatic carbocycles. The number of aliphatic hydroxyl groups is 7. The van der Waals surface area contributed by atoms with Crippen LogP contribution < -0.4 is 0 Å². The van der Waals surface area contributed by atoms with E-state index in [1.165, 1.54) is 161 Å². The zero-order valence-electron chi connectivity index (χ0n) is 43.3. The van der Waals surface area contributed by atoms with Crippen molar-refractivity contribution in [2.24, 2.45) is 0 Å². The third kappa shape index (κ3) is 29.7. The molecule has 2 fully saturated rings. The Morgan fingerprint density at radius 3 is 1.13 bits per heavy atom. The molecule has 0 aromatic heterocycles. The first-order valence-corrected chi connectivity index (χ1v) is 28.1. The largest absolute Gasteiger partial charge is 0.462 e. The summed E-state index contributed by atoms with van der Waals surface area (Å²) in [5.41, 5.74) is 0. The normalized spacial score (nSPS) is 25.5. The highest BCUT2D eigenvalue weighted by Gasteiger charge is 2.47. The first-order chi connectivity index (χ1) is 33.5. The van der Waals surface area contributed by atoms with E-state index in [1.54, 1.807) is 0 Å². The summed E-state index contributed by atoms with van der Waals surface area (Å²) in [6.45, 7) is 2.63. The fraction of sp³-hybridized carbons (Fsp3) is 0.963. The highest BCUT2D eigenvalue weighted by molar-refractivity contribution is 5.70. The molecule has 15 nitrogen and oxygen atoms in total. The molecule has 0 aromatic rings.